The first-order chi connectivity index (χ1) is 12.2. The summed E-state index contributed by atoms with van der Waals surface area (Å²) in [7, 11) is 1.90. The van der Waals surface area contributed by atoms with Gasteiger partial charge in [-0.3, -0.25) is 9.89 Å². The number of rotatable bonds is 6. The van der Waals surface area contributed by atoms with Crippen LogP contribution >= 0.6 is 35.3 Å². The Morgan fingerprint density at radius 3 is 2.88 bits per heavy atom. The number of likely N-dealkylation sites (tertiary alicyclic amines) is 1. The molecule has 2 saturated heterocycles. The minimum Gasteiger partial charge on any atom is -0.379 e. The molecule has 5 nitrogen and oxygen atoms in total. The molecule has 0 aliphatic carbocycles. The number of guanidine groups is 1. The summed E-state index contributed by atoms with van der Waals surface area (Å²) in [4.78, 5) is 11.0. The molecule has 2 aliphatic rings. The van der Waals surface area contributed by atoms with Crippen LogP contribution in [-0.2, 0) is 11.2 Å². The third-order valence-electron chi connectivity index (χ3n) is 5.16. The summed E-state index contributed by atoms with van der Waals surface area (Å²) in [6.07, 6.45) is 2.41. The fraction of sp³-hybridized carbons (Fsp3) is 0.737. The highest BCUT2D eigenvalue weighted by Crippen LogP contribution is 2.19. The largest absolute Gasteiger partial charge is 0.379 e. The molecule has 0 radical (unpaired) electrons. The Bertz CT molecular complexity index is 534. The second kappa shape index (κ2) is 11.5. The summed E-state index contributed by atoms with van der Waals surface area (Å²) >= 11 is 1.85. The Morgan fingerprint density at radius 2 is 2.19 bits per heavy atom. The Kier molecular flexibility index (Phi) is 9.66. The van der Waals surface area contributed by atoms with Crippen LogP contribution in [0.2, 0.25) is 0 Å². The van der Waals surface area contributed by atoms with Gasteiger partial charge in [0.1, 0.15) is 0 Å². The Hall–Kier alpha value is -0.380. The van der Waals surface area contributed by atoms with Gasteiger partial charge in [-0.05, 0) is 36.1 Å². The van der Waals surface area contributed by atoms with Gasteiger partial charge in [0, 0.05) is 51.2 Å². The van der Waals surface area contributed by atoms with Crippen molar-refractivity contribution >= 4 is 41.3 Å². The number of nitrogens with zero attached hydrogens (tertiary/aromatic N) is 3. The van der Waals surface area contributed by atoms with E-state index in [4.69, 9.17) is 4.74 Å². The molecule has 0 saturated carbocycles. The van der Waals surface area contributed by atoms with Crippen molar-refractivity contribution in [1.82, 2.24) is 15.1 Å². The first kappa shape index (κ1) is 21.9. The molecule has 0 bridgehead atoms. The van der Waals surface area contributed by atoms with E-state index in [9.17, 15) is 0 Å². The average molecular weight is 492 g/mol. The minimum absolute atomic E-state index is 0. The highest BCUT2D eigenvalue weighted by atomic mass is 127. The van der Waals surface area contributed by atoms with Crippen LogP contribution in [0, 0.1) is 11.8 Å². The number of morpholine rings is 1. The molecule has 3 rings (SSSR count). The van der Waals surface area contributed by atoms with E-state index in [0.717, 1.165) is 64.2 Å². The highest BCUT2D eigenvalue weighted by Gasteiger charge is 2.27. The van der Waals surface area contributed by atoms with Gasteiger partial charge in [0.2, 0.25) is 0 Å². The molecule has 2 aliphatic heterocycles. The van der Waals surface area contributed by atoms with E-state index >= 15 is 0 Å². The van der Waals surface area contributed by atoms with Crippen LogP contribution in [0.4, 0.5) is 0 Å². The Morgan fingerprint density at radius 1 is 1.38 bits per heavy atom. The van der Waals surface area contributed by atoms with Crippen molar-refractivity contribution in [3.8, 4) is 0 Å². The third kappa shape index (κ3) is 6.65. The standard InChI is InChI=1S/C19H32N4OS.HI/c1-16(12-18-4-3-11-25-18)13-21-19(20-2)23-6-5-17(15-23)14-22-7-9-24-10-8-22;/h3-4,11,16-17H,5-10,12-15H2,1-2H3,(H,20,21);1H. The van der Waals surface area contributed by atoms with Gasteiger partial charge >= 0.3 is 0 Å². The van der Waals surface area contributed by atoms with Crippen LogP contribution in [0.1, 0.15) is 18.2 Å². The third-order valence-corrected chi connectivity index (χ3v) is 6.05. The van der Waals surface area contributed by atoms with Crippen LogP contribution in [0.3, 0.4) is 0 Å². The lowest BCUT2D eigenvalue weighted by atomic mass is 10.1. The van der Waals surface area contributed by atoms with E-state index in [-0.39, 0.29) is 24.0 Å². The lowest BCUT2D eigenvalue weighted by Gasteiger charge is -2.29. The maximum atomic E-state index is 5.45. The molecule has 26 heavy (non-hydrogen) atoms. The molecule has 2 fully saturated rings. The lowest BCUT2D eigenvalue weighted by Crippen LogP contribution is -2.43. The number of hydrogen-bond acceptors (Lipinski definition) is 4. The number of aliphatic imine (C=N–C) groups is 1. The molecular weight excluding hydrogens is 459 g/mol. The van der Waals surface area contributed by atoms with Crippen LogP contribution < -0.4 is 5.32 Å². The summed E-state index contributed by atoms with van der Waals surface area (Å²) in [6.45, 7) is 10.7. The summed E-state index contributed by atoms with van der Waals surface area (Å²) in [5, 5.41) is 5.75. The highest BCUT2D eigenvalue weighted by molar-refractivity contribution is 14.0. The van der Waals surface area contributed by atoms with Crippen molar-refractivity contribution in [3.63, 3.8) is 0 Å². The van der Waals surface area contributed by atoms with E-state index in [1.807, 2.05) is 18.4 Å². The normalized spacial score (nSPS) is 22.9. The number of halogens is 1. The van der Waals surface area contributed by atoms with Crippen molar-refractivity contribution in [3.05, 3.63) is 22.4 Å². The lowest BCUT2D eigenvalue weighted by molar-refractivity contribution is 0.0315. The van der Waals surface area contributed by atoms with Crippen molar-refractivity contribution < 1.29 is 4.74 Å². The molecule has 0 amide bonds. The molecule has 2 unspecified atom stereocenters. The second-order valence-electron chi connectivity index (χ2n) is 7.33. The minimum atomic E-state index is 0. The van der Waals surface area contributed by atoms with E-state index < -0.39 is 0 Å². The topological polar surface area (TPSA) is 40.1 Å². The molecule has 1 N–H and O–H groups in total. The summed E-state index contributed by atoms with van der Waals surface area (Å²) in [6, 6.07) is 4.37. The van der Waals surface area contributed by atoms with E-state index in [1.54, 1.807) is 0 Å². The zero-order valence-electron chi connectivity index (χ0n) is 16.0. The van der Waals surface area contributed by atoms with Gasteiger partial charge in [0.15, 0.2) is 5.96 Å². The molecule has 2 atom stereocenters. The SMILES string of the molecule is CN=C(NCC(C)Cc1cccs1)N1CCC(CN2CCOCC2)C1.I. The number of ether oxygens (including phenoxy) is 1. The van der Waals surface area contributed by atoms with Gasteiger partial charge in [0.25, 0.3) is 0 Å². The van der Waals surface area contributed by atoms with Crippen LogP contribution in [0.15, 0.2) is 22.5 Å². The molecule has 3 heterocycles. The predicted octanol–water partition coefficient (Wildman–Crippen LogP) is 2.77. The fourth-order valence-electron chi connectivity index (χ4n) is 3.77. The fourth-order valence-corrected chi connectivity index (χ4v) is 4.63. The smallest absolute Gasteiger partial charge is 0.193 e. The van der Waals surface area contributed by atoms with Crippen LogP contribution in [-0.4, -0.2) is 75.3 Å². The van der Waals surface area contributed by atoms with Crippen molar-refractivity contribution in [1.29, 1.82) is 0 Å². The first-order valence-corrected chi connectivity index (χ1v) is 10.4. The molecule has 1 aromatic heterocycles. The zero-order chi connectivity index (χ0) is 17.5. The summed E-state index contributed by atoms with van der Waals surface area (Å²) < 4.78 is 5.45. The zero-order valence-corrected chi connectivity index (χ0v) is 19.2. The average Bonchev–Trinajstić information content (AvgIpc) is 3.29. The van der Waals surface area contributed by atoms with Gasteiger partial charge in [-0.25, -0.2) is 0 Å². The van der Waals surface area contributed by atoms with Crippen molar-refractivity contribution in [2.45, 2.75) is 19.8 Å². The van der Waals surface area contributed by atoms with Gasteiger partial charge < -0.3 is 15.0 Å². The molecule has 0 spiro atoms. The summed E-state index contributed by atoms with van der Waals surface area (Å²) in [5.41, 5.74) is 0. The monoisotopic (exact) mass is 492 g/mol. The molecule has 1 aromatic rings. The maximum Gasteiger partial charge on any atom is 0.193 e. The number of nitrogens with one attached hydrogen (secondary N) is 1. The van der Waals surface area contributed by atoms with Gasteiger partial charge in [-0.2, -0.15) is 0 Å². The van der Waals surface area contributed by atoms with Gasteiger partial charge in [0.05, 0.1) is 13.2 Å². The Labute approximate surface area is 179 Å². The molecule has 148 valence electrons. The van der Waals surface area contributed by atoms with Crippen LogP contribution in [0.25, 0.3) is 0 Å². The molecular formula is C19H33IN4OS. The second-order valence-corrected chi connectivity index (χ2v) is 8.36. The predicted molar refractivity (Wildman–Crippen MR) is 121 cm³/mol. The quantitative estimate of drug-likeness (QED) is 0.377. The van der Waals surface area contributed by atoms with Crippen molar-refractivity contribution in [2.24, 2.45) is 16.8 Å². The maximum absolute atomic E-state index is 5.45. The molecule has 7 heteroatoms. The van der Waals surface area contributed by atoms with E-state index in [2.05, 4.69) is 44.5 Å². The molecule has 0 aromatic carbocycles. The van der Waals surface area contributed by atoms with Crippen molar-refractivity contribution in [2.75, 3.05) is 59.5 Å². The number of thiophene rings is 1. The van der Waals surface area contributed by atoms with Gasteiger partial charge in [-0.15, -0.1) is 35.3 Å². The van der Waals surface area contributed by atoms with Crippen LogP contribution in [0.5, 0.6) is 0 Å². The van der Waals surface area contributed by atoms with E-state index in [0.29, 0.717) is 5.92 Å². The first-order valence-electron chi connectivity index (χ1n) is 9.52. The van der Waals surface area contributed by atoms with Gasteiger partial charge in [-0.1, -0.05) is 13.0 Å². The summed E-state index contributed by atoms with van der Waals surface area (Å²) in [5.74, 6) is 2.44. The number of hydrogen-bond donors (Lipinski definition) is 1. The Balaban J connectivity index is 0.00000243. The van der Waals surface area contributed by atoms with E-state index in [1.165, 1.54) is 17.8 Å².